The van der Waals surface area contributed by atoms with Gasteiger partial charge in [-0.2, -0.15) is 4.98 Å². The van der Waals surface area contributed by atoms with Gasteiger partial charge in [0.25, 0.3) is 0 Å². The number of carbonyl (C=O) groups excluding carboxylic acids is 2. The Kier molecular flexibility index (Phi) is 8.44. The maximum atomic E-state index is 14.9. The van der Waals surface area contributed by atoms with Gasteiger partial charge in [0.1, 0.15) is 11.6 Å². The molecule has 5 N–H and O–H groups in total. The van der Waals surface area contributed by atoms with E-state index < -0.39 is 23.1 Å². The molecule has 0 spiro atoms. The molecule has 2 aromatic rings. The number of hydrogen-bond donors (Lipinski definition) is 3. The van der Waals surface area contributed by atoms with E-state index in [1.807, 2.05) is 0 Å². The molecular formula is C26H37FN8O3. The maximum Gasteiger partial charge on any atom is 0.354 e. The second kappa shape index (κ2) is 11.6. The standard InChI is InChI=1S/C26H37FN8O3/c1-26(2,29)23(36)33-12-14-34(15-13-33)24(37)30-22-8-11-35(25(38)31-22)20-6-5-18(21(27)16-20)17-32-9-3-4-19(28)7-10-32/h5-6,8,11,16,19H,3-4,7,9-10,12-15,17,28-29H2,1-2H3,(H,30,31,37,38). The minimum Gasteiger partial charge on any atom is -0.338 e. The largest absolute Gasteiger partial charge is 0.354 e. The molecule has 1 atom stereocenters. The van der Waals surface area contributed by atoms with Crippen molar-refractivity contribution in [3.05, 3.63) is 52.3 Å². The number of benzene rings is 1. The van der Waals surface area contributed by atoms with Crippen LogP contribution in [0.25, 0.3) is 5.69 Å². The lowest BCUT2D eigenvalue weighted by atomic mass is 10.1. The zero-order chi connectivity index (χ0) is 27.4. The van der Waals surface area contributed by atoms with Crippen molar-refractivity contribution < 1.29 is 14.0 Å². The van der Waals surface area contributed by atoms with Crippen LogP contribution >= 0.6 is 0 Å². The quantitative estimate of drug-likeness (QED) is 0.527. The zero-order valence-electron chi connectivity index (χ0n) is 22.0. The highest BCUT2D eigenvalue weighted by molar-refractivity contribution is 5.89. The maximum absolute atomic E-state index is 14.9. The molecule has 1 unspecified atom stereocenters. The number of urea groups is 1. The first-order chi connectivity index (χ1) is 18.0. The number of hydrogen-bond acceptors (Lipinski definition) is 7. The summed E-state index contributed by atoms with van der Waals surface area (Å²) in [5.74, 6) is -0.468. The number of anilines is 1. The van der Waals surface area contributed by atoms with Gasteiger partial charge in [0.2, 0.25) is 5.91 Å². The van der Waals surface area contributed by atoms with Crippen LogP contribution in [0.3, 0.4) is 0 Å². The van der Waals surface area contributed by atoms with Crippen molar-refractivity contribution in [2.45, 2.75) is 51.2 Å². The number of rotatable bonds is 5. The lowest BCUT2D eigenvalue weighted by Crippen LogP contribution is -2.58. The summed E-state index contributed by atoms with van der Waals surface area (Å²) >= 11 is 0. The summed E-state index contributed by atoms with van der Waals surface area (Å²) in [6, 6.07) is 5.97. The monoisotopic (exact) mass is 528 g/mol. The average Bonchev–Trinajstić information content (AvgIpc) is 3.08. The van der Waals surface area contributed by atoms with Gasteiger partial charge in [0.15, 0.2) is 0 Å². The minimum absolute atomic E-state index is 0.0920. The van der Waals surface area contributed by atoms with Crippen LogP contribution in [0.1, 0.15) is 38.7 Å². The number of nitrogens with zero attached hydrogens (tertiary/aromatic N) is 5. The molecule has 0 saturated carbocycles. The number of amides is 3. The number of likely N-dealkylation sites (tertiary alicyclic amines) is 1. The molecule has 3 amide bonds. The van der Waals surface area contributed by atoms with E-state index in [4.69, 9.17) is 11.5 Å². The third kappa shape index (κ3) is 6.74. The van der Waals surface area contributed by atoms with Gasteiger partial charge in [0.05, 0.1) is 11.2 Å². The summed E-state index contributed by atoms with van der Waals surface area (Å²) in [7, 11) is 0. The Morgan fingerprint density at radius 3 is 2.45 bits per heavy atom. The Bertz CT molecular complexity index is 1220. The van der Waals surface area contributed by atoms with Crippen LogP contribution in [0.4, 0.5) is 15.0 Å². The third-order valence-electron chi connectivity index (χ3n) is 7.02. The molecule has 206 valence electrons. The molecule has 2 aliphatic heterocycles. The van der Waals surface area contributed by atoms with Gasteiger partial charge in [0, 0.05) is 50.5 Å². The lowest BCUT2D eigenvalue weighted by Gasteiger charge is -2.37. The molecule has 0 bridgehead atoms. The van der Waals surface area contributed by atoms with E-state index in [1.54, 1.807) is 35.8 Å². The van der Waals surface area contributed by atoms with Gasteiger partial charge in [-0.15, -0.1) is 0 Å². The molecule has 0 radical (unpaired) electrons. The first-order valence-corrected chi connectivity index (χ1v) is 13.0. The highest BCUT2D eigenvalue weighted by Gasteiger charge is 2.31. The smallest absolute Gasteiger partial charge is 0.338 e. The van der Waals surface area contributed by atoms with Crippen LogP contribution in [0, 0.1) is 5.82 Å². The number of carbonyl (C=O) groups is 2. The molecule has 4 rings (SSSR count). The second-order valence-electron chi connectivity index (χ2n) is 10.6. The van der Waals surface area contributed by atoms with E-state index in [0.29, 0.717) is 44.0 Å². The molecule has 12 heteroatoms. The number of nitrogens with two attached hydrogens (primary N) is 2. The summed E-state index contributed by atoms with van der Waals surface area (Å²) in [6.07, 6.45) is 4.32. The summed E-state index contributed by atoms with van der Waals surface area (Å²) in [6.45, 7) is 6.91. The number of aromatic nitrogens is 2. The van der Waals surface area contributed by atoms with Crippen LogP contribution in [-0.4, -0.2) is 87.0 Å². The van der Waals surface area contributed by atoms with Crippen LogP contribution < -0.4 is 22.5 Å². The Hall–Kier alpha value is -3.35. The fraction of sp³-hybridized carbons (Fsp3) is 0.538. The number of halogens is 1. The molecule has 2 fully saturated rings. The lowest BCUT2D eigenvalue weighted by molar-refractivity contribution is -0.137. The van der Waals surface area contributed by atoms with Gasteiger partial charge in [-0.25, -0.2) is 14.0 Å². The van der Waals surface area contributed by atoms with E-state index in [0.717, 1.165) is 32.4 Å². The van der Waals surface area contributed by atoms with E-state index >= 15 is 0 Å². The van der Waals surface area contributed by atoms with Crippen LogP contribution in [-0.2, 0) is 11.3 Å². The van der Waals surface area contributed by atoms with Crippen molar-refractivity contribution in [1.82, 2.24) is 24.3 Å². The van der Waals surface area contributed by atoms with Crippen LogP contribution in [0.2, 0.25) is 0 Å². The van der Waals surface area contributed by atoms with Gasteiger partial charge in [-0.3, -0.25) is 19.6 Å². The summed E-state index contributed by atoms with van der Waals surface area (Å²) in [5.41, 5.74) is 11.2. The van der Waals surface area contributed by atoms with E-state index in [2.05, 4.69) is 15.2 Å². The van der Waals surface area contributed by atoms with E-state index in [1.165, 1.54) is 22.9 Å². The van der Waals surface area contributed by atoms with Gasteiger partial charge in [-0.1, -0.05) is 6.07 Å². The van der Waals surface area contributed by atoms with Crippen molar-refractivity contribution in [1.29, 1.82) is 0 Å². The fourth-order valence-electron chi connectivity index (χ4n) is 4.77. The van der Waals surface area contributed by atoms with Gasteiger partial charge in [-0.05, 0) is 64.4 Å². The Morgan fingerprint density at radius 2 is 1.79 bits per heavy atom. The molecular weight excluding hydrogens is 491 g/mol. The fourth-order valence-corrected chi connectivity index (χ4v) is 4.77. The van der Waals surface area contributed by atoms with Crippen molar-refractivity contribution in [3.63, 3.8) is 0 Å². The molecule has 1 aromatic carbocycles. The first kappa shape index (κ1) is 27.7. The predicted octanol–water partition coefficient (Wildman–Crippen LogP) is 1.10. The molecule has 2 saturated heterocycles. The molecule has 11 nitrogen and oxygen atoms in total. The number of piperazine rings is 1. The summed E-state index contributed by atoms with van der Waals surface area (Å²) in [4.78, 5) is 47.0. The van der Waals surface area contributed by atoms with Crippen molar-refractivity contribution in [2.24, 2.45) is 11.5 Å². The topological polar surface area (TPSA) is 143 Å². The van der Waals surface area contributed by atoms with Crippen molar-refractivity contribution in [3.8, 4) is 5.69 Å². The van der Waals surface area contributed by atoms with Gasteiger partial charge >= 0.3 is 11.7 Å². The molecule has 3 heterocycles. The number of nitrogens with one attached hydrogen (secondary N) is 1. The molecule has 0 aliphatic carbocycles. The van der Waals surface area contributed by atoms with Gasteiger partial charge < -0.3 is 21.3 Å². The van der Waals surface area contributed by atoms with Crippen molar-refractivity contribution in [2.75, 3.05) is 44.6 Å². The highest BCUT2D eigenvalue weighted by atomic mass is 19.1. The van der Waals surface area contributed by atoms with Crippen LogP contribution in [0.5, 0.6) is 0 Å². The Balaban J connectivity index is 1.36. The first-order valence-electron chi connectivity index (χ1n) is 13.0. The van der Waals surface area contributed by atoms with E-state index in [9.17, 15) is 18.8 Å². The third-order valence-corrected chi connectivity index (χ3v) is 7.02. The second-order valence-corrected chi connectivity index (χ2v) is 10.6. The SMILES string of the molecule is CC(C)(N)C(=O)N1CCN(C(=O)Nc2ccn(-c3ccc(CN4CCCC(N)CC4)c(F)c3)c(=O)n2)CC1. The minimum atomic E-state index is -0.969. The normalized spacial score (nSPS) is 19.2. The zero-order valence-corrected chi connectivity index (χ0v) is 22.0. The Morgan fingerprint density at radius 1 is 1.08 bits per heavy atom. The predicted molar refractivity (Wildman–Crippen MR) is 142 cm³/mol. The molecule has 2 aliphatic rings. The van der Waals surface area contributed by atoms with Crippen molar-refractivity contribution >= 4 is 17.8 Å². The highest BCUT2D eigenvalue weighted by Crippen LogP contribution is 2.18. The average molecular weight is 529 g/mol. The van der Waals surface area contributed by atoms with E-state index in [-0.39, 0.29) is 17.8 Å². The summed E-state index contributed by atoms with van der Waals surface area (Å²) < 4.78 is 16.1. The summed E-state index contributed by atoms with van der Waals surface area (Å²) in [5, 5.41) is 2.63. The molecule has 1 aromatic heterocycles. The molecule has 38 heavy (non-hydrogen) atoms. The Labute approximate surface area is 221 Å². The van der Waals surface area contributed by atoms with Crippen LogP contribution in [0.15, 0.2) is 35.3 Å².